The number of nitrogens with one attached hydrogen (secondary N) is 2. The van der Waals surface area contributed by atoms with Gasteiger partial charge in [-0.05, 0) is 38.5 Å². The molecule has 0 aromatic heterocycles. The molecule has 5 nitrogen and oxygen atoms in total. The maximum absolute atomic E-state index is 11.5. The number of ether oxygens (including phenoxy) is 1. The first-order valence-electron chi connectivity index (χ1n) is 5.87. The molecule has 0 aliphatic carbocycles. The van der Waals surface area contributed by atoms with Crippen molar-refractivity contribution in [1.82, 2.24) is 5.32 Å². The molecule has 106 valence electrons. The second-order valence-corrected chi connectivity index (χ2v) is 7.50. The van der Waals surface area contributed by atoms with Gasteiger partial charge < -0.3 is 10.1 Å². The first-order valence-corrected chi connectivity index (χ1v) is 7.84. The highest BCUT2D eigenvalue weighted by molar-refractivity contribution is 7.91. The van der Waals surface area contributed by atoms with Crippen molar-refractivity contribution in [2.45, 2.75) is 37.8 Å². The Hall–Kier alpha value is -1.56. The lowest BCUT2D eigenvalue weighted by molar-refractivity contribution is 0.0523. The second-order valence-electron chi connectivity index (χ2n) is 5.34. The van der Waals surface area contributed by atoms with Crippen LogP contribution in [0.25, 0.3) is 0 Å². The van der Waals surface area contributed by atoms with Gasteiger partial charge in [0.05, 0.1) is 9.73 Å². The summed E-state index contributed by atoms with van der Waals surface area (Å²) in [7, 11) is -2.69. The molecule has 0 heterocycles. The second kappa shape index (κ2) is 5.61. The van der Waals surface area contributed by atoms with E-state index in [0.29, 0.717) is 11.4 Å². The number of hydrogen-bond acceptors (Lipinski definition) is 4. The number of hydrogen-bond donors (Lipinski definition) is 2. The predicted molar refractivity (Wildman–Crippen MR) is 74.6 cm³/mol. The zero-order valence-electron chi connectivity index (χ0n) is 11.6. The standard InChI is InChI=1S/C13H20N2O3S/c1-13(2,3)18-12(16)15-9-10-5-7-11(8-6-10)19(4,14)17/h5-8,14H,9H2,1-4H3,(H,15,16). The average molecular weight is 284 g/mol. The van der Waals surface area contributed by atoms with Gasteiger partial charge in [-0.1, -0.05) is 12.1 Å². The summed E-state index contributed by atoms with van der Waals surface area (Å²) in [6, 6.07) is 6.76. The first-order chi connectivity index (χ1) is 8.58. The summed E-state index contributed by atoms with van der Waals surface area (Å²) in [5, 5.41) is 2.63. The summed E-state index contributed by atoms with van der Waals surface area (Å²) < 4.78 is 24.1. The number of alkyl carbamates (subject to hydrolysis) is 1. The molecule has 0 bridgehead atoms. The molecular formula is C13H20N2O3S. The third-order valence-corrected chi connectivity index (χ3v) is 3.38. The molecular weight excluding hydrogens is 264 g/mol. The molecule has 1 aromatic rings. The molecule has 1 amide bonds. The third-order valence-electron chi connectivity index (χ3n) is 2.21. The van der Waals surface area contributed by atoms with E-state index in [2.05, 4.69) is 5.32 Å². The fraction of sp³-hybridized carbons (Fsp3) is 0.462. The van der Waals surface area contributed by atoms with Gasteiger partial charge in [-0.15, -0.1) is 0 Å². The minimum atomic E-state index is -2.69. The molecule has 1 rings (SSSR count). The van der Waals surface area contributed by atoms with Crippen molar-refractivity contribution in [2.24, 2.45) is 0 Å². The highest BCUT2D eigenvalue weighted by Crippen LogP contribution is 2.11. The Balaban J connectivity index is 2.58. The van der Waals surface area contributed by atoms with E-state index in [1.54, 1.807) is 45.0 Å². The van der Waals surface area contributed by atoms with Crippen LogP contribution in [-0.2, 0) is 21.0 Å². The summed E-state index contributed by atoms with van der Waals surface area (Å²) >= 11 is 0. The van der Waals surface area contributed by atoms with Gasteiger partial charge in [-0.2, -0.15) is 0 Å². The molecule has 1 aromatic carbocycles. The van der Waals surface area contributed by atoms with Crippen molar-refractivity contribution in [3.05, 3.63) is 29.8 Å². The van der Waals surface area contributed by atoms with Gasteiger partial charge in [0.1, 0.15) is 5.60 Å². The van der Waals surface area contributed by atoms with E-state index < -0.39 is 21.4 Å². The van der Waals surface area contributed by atoms with Crippen LogP contribution in [0.5, 0.6) is 0 Å². The lowest BCUT2D eigenvalue weighted by Crippen LogP contribution is -2.32. The van der Waals surface area contributed by atoms with Crippen molar-refractivity contribution < 1.29 is 13.7 Å². The SMILES string of the molecule is CC(C)(C)OC(=O)NCc1ccc(S(C)(=N)=O)cc1. The highest BCUT2D eigenvalue weighted by atomic mass is 32.2. The molecule has 0 saturated heterocycles. The molecule has 1 atom stereocenters. The lowest BCUT2D eigenvalue weighted by Gasteiger charge is -2.19. The van der Waals surface area contributed by atoms with Gasteiger partial charge >= 0.3 is 6.09 Å². The van der Waals surface area contributed by atoms with E-state index in [1.807, 2.05) is 0 Å². The molecule has 6 heteroatoms. The van der Waals surface area contributed by atoms with Gasteiger partial charge in [0.15, 0.2) is 0 Å². The maximum atomic E-state index is 11.5. The van der Waals surface area contributed by atoms with Gasteiger partial charge in [0, 0.05) is 17.7 Å². The van der Waals surface area contributed by atoms with Crippen LogP contribution >= 0.6 is 0 Å². The summed E-state index contributed by atoms with van der Waals surface area (Å²) in [4.78, 5) is 11.9. The van der Waals surface area contributed by atoms with Crippen LogP contribution in [0.1, 0.15) is 26.3 Å². The van der Waals surface area contributed by atoms with E-state index in [9.17, 15) is 9.00 Å². The smallest absolute Gasteiger partial charge is 0.407 e. The number of benzene rings is 1. The predicted octanol–water partition coefficient (Wildman–Crippen LogP) is 2.75. The Morgan fingerprint density at radius 1 is 1.32 bits per heavy atom. The van der Waals surface area contributed by atoms with E-state index in [1.165, 1.54) is 6.26 Å². The summed E-state index contributed by atoms with van der Waals surface area (Å²) in [6.45, 7) is 5.73. The van der Waals surface area contributed by atoms with Crippen molar-refractivity contribution >= 4 is 15.8 Å². The molecule has 0 aliphatic heterocycles. The third kappa shape index (κ3) is 5.74. The first kappa shape index (κ1) is 15.5. The fourth-order valence-corrected chi connectivity index (χ4v) is 2.01. The Kier molecular flexibility index (Phi) is 4.57. The Morgan fingerprint density at radius 2 is 1.84 bits per heavy atom. The average Bonchev–Trinajstić information content (AvgIpc) is 2.23. The minimum absolute atomic E-state index is 0.331. The van der Waals surface area contributed by atoms with Gasteiger partial charge in [0.25, 0.3) is 0 Å². The molecule has 0 aliphatic rings. The van der Waals surface area contributed by atoms with E-state index in [0.717, 1.165) is 5.56 Å². The monoisotopic (exact) mass is 284 g/mol. The Bertz CT molecular complexity index is 542. The molecule has 0 spiro atoms. The van der Waals surface area contributed by atoms with E-state index in [-0.39, 0.29) is 0 Å². The van der Waals surface area contributed by atoms with Crippen LogP contribution in [-0.4, -0.2) is 22.2 Å². The number of carbonyl (C=O) groups excluding carboxylic acids is 1. The van der Waals surface area contributed by atoms with Crippen molar-refractivity contribution in [3.63, 3.8) is 0 Å². The molecule has 0 radical (unpaired) electrons. The quantitative estimate of drug-likeness (QED) is 0.895. The van der Waals surface area contributed by atoms with Crippen LogP contribution in [0.3, 0.4) is 0 Å². The summed E-state index contributed by atoms with van der Waals surface area (Å²) in [5.74, 6) is 0. The van der Waals surface area contributed by atoms with Crippen LogP contribution in [0.2, 0.25) is 0 Å². The van der Waals surface area contributed by atoms with Gasteiger partial charge in [-0.3, -0.25) is 0 Å². The Labute approximate surface area is 114 Å². The van der Waals surface area contributed by atoms with E-state index >= 15 is 0 Å². The van der Waals surface area contributed by atoms with Crippen LogP contribution in [0.15, 0.2) is 29.2 Å². The highest BCUT2D eigenvalue weighted by Gasteiger charge is 2.15. The number of carbonyl (C=O) groups is 1. The minimum Gasteiger partial charge on any atom is -0.444 e. The van der Waals surface area contributed by atoms with Crippen LogP contribution < -0.4 is 5.32 Å². The maximum Gasteiger partial charge on any atom is 0.407 e. The summed E-state index contributed by atoms with van der Waals surface area (Å²) in [6.07, 6.45) is 0.900. The molecule has 1 unspecified atom stereocenters. The zero-order valence-corrected chi connectivity index (χ0v) is 12.5. The van der Waals surface area contributed by atoms with Crippen LogP contribution in [0.4, 0.5) is 4.79 Å². The van der Waals surface area contributed by atoms with Crippen molar-refractivity contribution in [1.29, 1.82) is 4.78 Å². The fourth-order valence-electron chi connectivity index (χ4n) is 1.36. The normalized spacial score (nSPS) is 14.5. The number of amides is 1. The molecule has 0 saturated carbocycles. The van der Waals surface area contributed by atoms with Crippen LogP contribution in [0, 0.1) is 4.78 Å². The Morgan fingerprint density at radius 3 is 2.26 bits per heavy atom. The molecule has 19 heavy (non-hydrogen) atoms. The molecule has 2 N–H and O–H groups in total. The topological polar surface area (TPSA) is 79.2 Å². The lowest BCUT2D eigenvalue weighted by atomic mass is 10.2. The number of rotatable bonds is 3. The van der Waals surface area contributed by atoms with Gasteiger partial charge in [-0.25, -0.2) is 13.8 Å². The van der Waals surface area contributed by atoms with Crippen molar-refractivity contribution in [2.75, 3.05) is 6.26 Å². The van der Waals surface area contributed by atoms with Crippen molar-refractivity contribution in [3.8, 4) is 0 Å². The molecule has 0 fully saturated rings. The largest absolute Gasteiger partial charge is 0.444 e. The van der Waals surface area contributed by atoms with E-state index in [4.69, 9.17) is 9.52 Å². The summed E-state index contributed by atoms with van der Waals surface area (Å²) in [5.41, 5.74) is 0.339. The van der Waals surface area contributed by atoms with Gasteiger partial charge in [0.2, 0.25) is 0 Å². The zero-order chi connectivity index (χ0) is 14.7.